The van der Waals surface area contributed by atoms with Gasteiger partial charge in [-0.25, -0.2) is 9.18 Å². The van der Waals surface area contributed by atoms with Crippen molar-refractivity contribution in [2.24, 2.45) is 5.92 Å². The van der Waals surface area contributed by atoms with Crippen molar-refractivity contribution in [2.75, 3.05) is 6.61 Å². The number of benzene rings is 1. The number of hydrogen-bond acceptors (Lipinski definition) is 2. The van der Waals surface area contributed by atoms with Gasteiger partial charge in [0.1, 0.15) is 5.82 Å². The molecule has 2 rings (SSSR count). The van der Waals surface area contributed by atoms with Crippen LogP contribution in [-0.4, -0.2) is 23.3 Å². The molecule has 0 aliphatic heterocycles. The van der Waals surface area contributed by atoms with Crippen LogP contribution in [0.5, 0.6) is 0 Å². The molecule has 0 radical (unpaired) electrons. The van der Waals surface area contributed by atoms with E-state index in [-0.39, 0.29) is 25.0 Å². The van der Waals surface area contributed by atoms with Crippen molar-refractivity contribution in [3.8, 4) is 0 Å². The van der Waals surface area contributed by atoms with Gasteiger partial charge in [-0.05, 0) is 49.4 Å². The molecule has 1 aromatic rings. The highest BCUT2D eigenvalue weighted by Gasteiger charge is 2.42. The van der Waals surface area contributed by atoms with Gasteiger partial charge in [0.05, 0.1) is 12.1 Å². The van der Waals surface area contributed by atoms with E-state index in [1.165, 1.54) is 12.1 Å². The molecule has 3 N–H and O–H groups in total. The van der Waals surface area contributed by atoms with Crippen LogP contribution in [-0.2, 0) is 6.54 Å². The second-order valence-corrected chi connectivity index (χ2v) is 6.35. The lowest BCUT2D eigenvalue weighted by Gasteiger charge is -2.28. The Hall–Kier alpha value is -1.14. The molecule has 4 nitrogen and oxygen atoms in total. The SMILES string of the molecule is CC(CO)(NC(=O)NCc1cc(F)cc(Br)c1)C1CC1. The summed E-state index contributed by atoms with van der Waals surface area (Å²) >= 11 is 3.21. The monoisotopic (exact) mass is 344 g/mol. The minimum absolute atomic E-state index is 0.0867. The van der Waals surface area contributed by atoms with Crippen molar-refractivity contribution < 1.29 is 14.3 Å². The van der Waals surface area contributed by atoms with Gasteiger partial charge in [-0.3, -0.25) is 0 Å². The van der Waals surface area contributed by atoms with Gasteiger partial charge in [-0.1, -0.05) is 15.9 Å². The van der Waals surface area contributed by atoms with Crippen LogP contribution in [0.1, 0.15) is 25.3 Å². The summed E-state index contributed by atoms with van der Waals surface area (Å²) in [6.45, 7) is 1.98. The highest BCUT2D eigenvalue weighted by Crippen LogP contribution is 2.39. The van der Waals surface area contributed by atoms with Crippen LogP contribution in [0.4, 0.5) is 9.18 Å². The molecular formula is C14H18BrFN2O2. The van der Waals surface area contributed by atoms with Gasteiger partial charge in [0.15, 0.2) is 0 Å². The van der Waals surface area contributed by atoms with E-state index in [0.717, 1.165) is 12.8 Å². The van der Waals surface area contributed by atoms with Crippen LogP contribution in [0.2, 0.25) is 0 Å². The van der Waals surface area contributed by atoms with E-state index < -0.39 is 5.54 Å². The first-order chi connectivity index (χ1) is 9.43. The molecule has 0 heterocycles. The summed E-state index contributed by atoms with van der Waals surface area (Å²) in [6.07, 6.45) is 2.04. The zero-order valence-corrected chi connectivity index (χ0v) is 12.8. The summed E-state index contributed by atoms with van der Waals surface area (Å²) < 4.78 is 13.8. The molecule has 0 saturated heterocycles. The number of rotatable bonds is 5. The molecular weight excluding hydrogens is 327 g/mol. The topological polar surface area (TPSA) is 61.4 Å². The molecule has 6 heteroatoms. The van der Waals surface area contributed by atoms with Gasteiger partial charge >= 0.3 is 6.03 Å². The van der Waals surface area contributed by atoms with E-state index in [1.54, 1.807) is 6.07 Å². The van der Waals surface area contributed by atoms with Gasteiger partial charge in [-0.15, -0.1) is 0 Å². The van der Waals surface area contributed by atoms with Crippen LogP contribution in [0.15, 0.2) is 22.7 Å². The third kappa shape index (κ3) is 3.93. The van der Waals surface area contributed by atoms with Gasteiger partial charge in [-0.2, -0.15) is 0 Å². The lowest BCUT2D eigenvalue weighted by atomic mass is 9.97. The maximum atomic E-state index is 13.2. The minimum atomic E-state index is -0.577. The van der Waals surface area contributed by atoms with Crippen LogP contribution in [0.3, 0.4) is 0 Å². The molecule has 0 aromatic heterocycles. The number of aliphatic hydroxyl groups is 1. The molecule has 2 amide bonds. The van der Waals surface area contributed by atoms with E-state index in [2.05, 4.69) is 26.6 Å². The Balaban J connectivity index is 1.88. The molecule has 1 atom stereocenters. The molecule has 1 saturated carbocycles. The second kappa shape index (κ2) is 6.10. The fourth-order valence-corrected chi connectivity index (χ4v) is 2.70. The summed E-state index contributed by atoms with van der Waals surface area (Å²) in [6, 6.07) is 4.13. The largest absolute Gasteiger partial charge is 0.394 e. The van der Waals surface area contributed by atoms with E-state index >= 15 is 0 Å². The Labute approximate surface area is 125 Å². The molecule has 110 valence electrons. The number of halogens is 2. The quantitative estimate of drug-likeness (QED) is 0.768. The van der Waals surface area contributed by atoms with Gasteiger partial charge in [0, 0.05) is 11.0 Å². The van der Waals surface area contributed by atoms with Crippen LogP contribution in [0, 0.1) is 11.7 Å². The zero-order chi connectivity index (χ0) is 14.8. The van der Waals surface area contributed by atoms with E-state index in [0.29, 0.717) is 16.0 Å². The smallest absolute Gasteiger partial charge is 0.315 e. The first-order valence-electron chi connectivity index (χ1n) is 6.55. The molecule has 0 spiro atoms. The molecule has 1 aliphatic carbocycles. The molecule has 1 aromatic carbocycles. The maximum absolute atomic E-state index is 13.2. The molecule has 20 heavy (non-hydrogen) atoms. The molecule has 1 fully saturated rings. The van der Waals surface area contributed by atoms with Crippen LogP contribution >= 0.6 is 15.9 Å². The third-order valence-electron chi connectivity index (χ3n) is 3.58. The first kappa shape index (κ1) is 15.3. The molecule has 0 bridgehead atoms. The number of amides is 2. The number of aliphatic hydroxyl groups excluding tert-OH is 1. The highest BCUT2D eigenvalue weighted by molar-refractivity contribution is 9.10. The standard InChI is InChI=1S/C14H18BrFN2O2/c1-14(8-19,10-2-3-10)18-13(20)17-7-9-4-11(15)6-12(16)5-9/h4-6,10,19H,2-3,7-8H2,1H3,(H2,17,18,20). The number of urea groups is 1. The van der Waals surface area contributed by atoms with Crippen molar-refractivity contribution in [3.05, 3.63) is 34.1 Å². The summed E-state index contributed by atoms with van der Waals surface area (Å²) in [5.74, 6) is -0.0173. The number of carbonyl (C=O) groups excluding carboxylic acids is 1. The minimum Gasteiger partial charge on any atom is -0.394 e. The van der Waals surface area contributed by atoms with Crippen molar-refractivity contribution in [2.45, 2.75) is 31.8 Å². The predicted octanol–water partition coefficient (Wildman–Crippen LogP) is 2.55. The summed E-state index contributed by atoms with van der Waals surface area (Å²) in [4.78, 5) is 11.9. The molecule has 1 aliphatic rings. The van der Waals surface area contributed by atoms with E-state index in [4.69, 9.17) is 0 Å². The van der Waals surface area contributed by atoms with E-state index in [1.807, 2.05) is 6.92 Å². The summed E-state index contributed by atoms with van der Waals surface area (Å²) in [7, 11) is 0. The van der Waals surface area contributed by atoms with Gasteiger partial charge < -0.3 is 15.7 Å². The maximum Gasteiger partial charge on any atom is 0.315 e. The lowest BCUT2D eigenvalue weighted by Crippen LogP contribution is -2.53. The Morgan fingerprint density at radius 1 is 1.50 bits per heavy atom. The Bertz CT molecular complexity index is 488. The fraction of sp³-hybridized carbons (Fsp3) is 0.500. The number of nitrogens with one attached hydrogen (secondary N) is 2. The van der Waals surface area contributed by atoms with Crippen LogP contribution < -0.4 is 10.6 Å². The van der Waals surface area contributed by atoms with Crippen molar-refractivity contribution >= 4 is 22.0 Å². The average Bonchev–Trinajstić information content (AvgIpc) is 3.19. The van der Waals surface area contributed by atoms with Crippen LogP contribution in [0.25, 0.3) is 0 Å². The van der Waals surface area contributed by atoms with Crippen molar-refractivity contribution in [1.29, 1.82) is 0 Å². The average molecular weight is 345 g/mol. The normalized spacial score (nSPS) is 17.4. The Morgan fingerprint density at radius 3 is 2.75 bits per heavy atom. The Morgan fingerprint density at radius 2 is 2.20 bits per heavy atom. The second-order valence-electron chi connectivity index (χ2n) is 5.44. The Kier molecular flexibility index (Phi) is 4.65. The first-order valence-corrected chi connectivity index (χ1v) is 7.34. The van der Waals surface area contributed by atoms with Gasteiger partial charge in [0.25, 0.3) is 0 Å². The summed E-state index contributed by atoms with van der Waals surface area (Å²) in [5, 5.41) is 14.9. The van der Waals surface area contributed by atoms with Crippen molar-refractivity contribution in [3.63, 3.8) is 0 Å². The number of carbonyl (C=O) groups is 1. The third-order valence-corrected chi connectivity index (χ3v) is 4.04. The van der Waals surface area contributed by atoms with Crippen molar-refractivity contribution in [1.82, 2.24) is 10.6 Å². The van der Waals surface area contributed by atoms with E-state index in [9.17, 15) is 14.3 Å². The lowest BCUT2D eigenvalue weighted by molar-refractivity contribution is 0.155. The molecule has 1 unspecified atom stereocenters. The fourth-order valence-electron chi connectivity index (χ4n) is 2.19. The summed E-state index contributed by atoms with van der Waals surface area (Å²) in [5.41, 5.74) is 0.0937. The highest BCUT2D eigenvalue weighted by atomic mass is 79.9. The van der Waals surface area contributed by atoms with Gasteiger partial charge in [0.2, 0.25) is 0 Å². The predicted molar refractivity (Wildman–Crippen MR) is 77.7 cm³/mol. The zero-order valence-electron chi connectivity index (χ0n) is 11.2. The number of hydrogen-bond donors (Lipinski definition) is 3.